The van der Waals surface area contributed by atoms with Gasteiger partial charge in [-0.25, -0.2) is 0 Å². The summed E-state index contributed by atoms with van der Waals surface area (Å²) >= 11 is 0. The summed E-state index contributed by atoms with van der Waals surface area (Å²) in [5, 5.41) is 0. The molecule has 4 nitrogen and oxygen atoms in total. The summed E-state index contributed by atoms with van der Waals surface area (Å²) in [7, 11) is -3.71. The van der Waals surface area contributed by atoms with Gasteiger partial charge in [-0.3, -0.25) is 0 Å². The molecule has 1 heterocycles. The third kappa shape index (κ3) is 2.93. The molecule has 0 N–H and O–H groups in total. The van der Waals surface area contributed by atoms with Gasteiger partial charge in [0.15, 0.2) is 0 Å². The zero-order valence-corrected chi connectivity index (χ0v) is 11.9. The van der Waals surface area contributed by atoms with E-state index in [1.165, 1.54) is 12.5 Å². The molecule has 0 aliphatic carbocycles. The molecule has 19 heavy (non-hydrogen) atoms. The van der Waals surface area contributed by atoms with Crippen LogP contribution in [0.5, 0.6) is 0 Å². The number of hydrogen-bond donors (Lipinski definition) is 0. The standard InChI is InChI=1S/C14H15NO3S/c1-10-7-11(2)14(12(3)8-10)19(16,17)15-9-13-5-4-6-18-13/h4-9H,1-3H3/b15-9-. The highest BCUT2D eigenvalue weighted by Crippen LogP contribution is 2.23. The van der Waals surface area contributed by atoms with Crippen molar-refractivity contribution in [3.8, 4) is 0 Å². The van der Waals surface area contributed by atoms with Crippen LogP contribution in [-0.4, -0.2) is 14.6 Å². The highest BCUT2D eigenvalue weighted by atomic mass is 32.2. The summed E-state index contributed by atoms with van der Waals surface area (Å²) in [5.74, 6) is 0.408. The average molecular weight is 277 g/mol. The first-order valence-electron chi connectivity index (χ1n) is 5.82. The smallest absolute Gasteiger partial charge is 0.282 e. The Labute approximate surface area is 112 Å². The van der Waals surface area contributed by atoms with Crippen molar-refractivity contribution >= 4 is 16.2 Å². The lowest BCUT2D eigenvalue weighted by Gasteiger charge is -2.08. The first-order chi connectivity index (χ1) is 8.90. The molecule has 1 aromatic carbocycles. The van der Waals surface area contributed by atoms with Gasteiger partial charge in [-0.1, -0.05) is 17.7 Å². The maximum atomic E-state index is 12.2. The Morgan fingerprint density at radius 2 is 1.79 bits per heavy atom. The van der Waals surface area contributed by atoms with E-state index in [2.05, 4.69) is 4.40 Å². The Hall–Kier alpha value is -1.88. The minimum atomic E-state index is -3.71. The van der Waals surface area contributed by atoms with Gasteiger partial charge in [-0.2, -0.15) is 12.8 Å². The number of sulfonamides is 1. The van der Waals surface area contributed by atoms with E-state index in [1.807, 2.05) is 19.1 Å². The quantitative estimate of drug-likeness (QED) is 0.810. The van der Waals surface area contributed by atoms with Gasteiger partial charge in [0.25, 0.3) is 10.0 Å². The van der Waals surface area contributed by atoms with Crippen LogP contribution in [0.1, 0.15) is 22.5 Å². The van der Waals surface area contributed by atoms with Crippen LogP contribution in [-0.2, 0) is 10.0 Å². The molecule has 0 bridgehead atoms. The van der Waals surface area contributed by atoms with Crippen LogP contribution < -0.4 is 0 Å². The van der Waals surface area contributed by atoms with E-state index in [0.29, 0.717) is 16.9 Å². The van der Waals surface area contributed by atoms with E-state index >= 15 is 0 Å². The number of rotatable bonds is 3. The van der Waals surface area contributed by atoms with Crippen molar-refractivity contribution in [2.45, 2.75) is 25.7 Å². The van der Waals surface area contributed by atoms with Crippen molar-refractivity contribution in [3.63, 3.8) is 0 Å². The maximum Gasteiger partial charge on any atom is 0.282 e. The number of aryl methyl sites for hydroxylation is 3. The Balaban J connectivity index is 2.46. The Morgan fingerprint density at radius 1 is 1.16 bits per heavy atom. The molecule has 0 saturated heterocycles. The third-order valence-electron chi connectivity index (χ3n) is 2.72. The lowest BCUT2D eigenvalue weighted by atomic mass is 10.1. The van der Waals surface area contributed by atoms with Crippen LogP contribution in [0, 0.1) is 20.8 Å². The van der Waals surface area contributed by atoms with Crippen LogP contribution in [0.3, 0.4) is 0 Å². The van der Waals surface area contributed by atoms with Gasteiger partial charge in [-0.05, 0) is 44.0 Å². The Morgan fingerprint density at radius 3 is 2.32 bits per heavy atom. The van der Waals surface area contributed by atoms with E-state index in [0.717, 1.165) is 5.56 Å². The largest absolute Gasteiger partial charge is 0.463 e. The Bertz CT molecular complexity index is 690. The third-order valence-corrected chi connectivity index (χ3v) is 4.27. The molecule has 0 aliphatic heterocycles. The zero-order chi connectivity index (χ0) is 14.0. The summed E-state index contributed by atoms with van der Waals surface area (Å²) in [4.78, 5) is 0.265. The molecule has 5 heteroatoms. The van der Waals surface area contributed by atoms with Crippen molar-refractivity contribution in [2.75, 3.05) is 0 Å². The monoisotopic (exact) mass is 277 g/mol. The molecule has 2 rings (SSSR count). The summed E-state index contributed by atoms with van der Waals surface area (Å²) in [6.07, 6.45) is 2.68. The second-order valence-corrected chi connectivity index (χ2v) is 6.02. The second kappa shape index (κ2) is 5.01. The predicted molar refractivity (Wildman–Crippen MR) is 74.1 cm³/mol. The molecule has 0 radical (unpaired) electrons. The maximum absolute atomic E-state index is 12.2. The van der Waals surface area contributed by atoms with Crippen molar-refractivity contribution in [3.05, 3.63) is 53.0 Å². The van der Waals surface area contributed by atoms with Gasteiger partial charge in [0.2, 0.25) is 0 Å². The number of nitrogens with zero attached hydrogens (tertiary/aromatic N) is 1. The van der Waals surface area contributed by atoms with E-state index in [4.69, 9.17) is 4.42 Å². The SMILES string of the molecule is Cc1cc(C)c(S(=O)(=O)/N=C\c2ccco2)c(C)c1. The average Bonchev–Trinajstić information content (AvgIpc) is 2.77. The van der Waals surface area contributed by atoms with E-state index in [-0.39, 0.29) is 4.90 Å². The molecule has 0 spiro atoms. The van der Waals surface area contributed by atoms with Gasteiger partial charge in [0, 0.05) is 0 Å². The molecular weight excluding hydrogens is 262 g/mol. The van der Waals surface area contributed by atoms with Crippen molar-refractivity contribution in [2.24, 2.45) is 4.40 Å². The molecule has 0 amide bonds. The fourth-order valence-corrected chi connectivity index (χ4v) is 3.39. The van der Waals surface area contributed by atoms with Crippen molar-refractivity contribution < 1.29 is 12.8 Å². The highest BCUT2D eigenvalue weighted by molar-refractivity contribution is 7.90. The van der Waals surface area contributed by atoms with Gasteiger partial charge < -0.3 is 4.42 Å². The van der Waals surface area contributed by atoms with Gasteiger partial charge in [-0.15, -0.1) is 0 Å². The normalized spacial score (nSPS) is 12.2. The number of benzene rings is 1. The first-order valence-corrected chi connectivity index (χ1v) is 7.26. The molecule has 0 unspecified atom stereocenters. The summed E-state index contributed by atoms with van der Waals surface area (Å²) in [6, 6.07) is 6.99. The van der Waals surface area contributed by atoms with Crippen LogP contribution in [0.4, 0.5) is 0 Å². The van der Waals surface area contributed by atoms with E-state index in [9.17, 15) is 8.42 Å². The zero-order valence-electron chi connectivity index (χ0n) is 11.0. The molecule has 100 valence electrons. The highest BCUT2D eigenvalue weighted by Gasteiger charge is 2.18. The van der Waals surface area contributed by atoms with Crippen LogP contribution in [0.2, 0.25) is 0 Å². The van der Waals surface area contributed by atoms with Crippen molar-refractivity contribution in [1.82, 2.24) is 0 Å². The lowest BCUT2D eigenvalue weighted by molar-refractivity contribution is 0.560. The fourth-order valence-electron chi connectivity index (χ4n) is 2.11. The topological polar surface area (TPSA) is 59.6 Å². The number of furan rings is 1. The molecule has 1 aromatic heterocycles. The number of hydrogen-bond acceptors (Lipinski definition) is 3. The summed E-state index contributed by atoms with van der Waals surface area (Å²) in [5.41, 5.74) is 2.44. The molecule has 2 aromatic rings. The van der Waals surface area contributed by atoms with Crippen molar-refractivity contribution in [1.29, 1.82) is 0 Å². The van der Waals surface area contributed by atoms with Crippen LogP contribution in [0.25, 0.3) is 0 Å². The van der Waals surface area contributed by atoms with Gasteiger partial charge in [0.05, 0.1) is 17.4 Å². The first kappa shape index (κ1) is 13.5. The minimum Gasteiger partial charge on any atom is -0.463 e. The van der Waals surface area contributed by atoms with E-state index < -0.39 is 10.0 Å². The predicted octanol–water partition coefficient (Wildman–Crippen LogP) is 3.01. The molecule has 0 fully saturated rings. The molecular formula is C14H15NO3S. The fraction of sp³-hybridized carbons (Fsp3) is 0.214. The van der Waals surface area contributed by atoms with Gasteiger partial charge >= 0.3 is 0 Å². The molecule has 0 atom stereocenters. The van der Waals surface area contributed by atoms with E-state index in [1.54, 1.807) is 26.0 Å². The molecule has 0 aliphatic rings. The summed E-state index contributed by atoms with van der Waals surface area (Å²) in [6.45, 7) is 5.48. The van der Waals surface area contributed by atoms with Crippen LogP contribution in [0.15, 0.2) is 44.2 Å². The second-order valence-electron chi connectivity index (χ2n) is 4.45. The van der Waals surface area contributed by atoms with Crippen LogP contribution >= 0.6 is 0 Å². The molecule has 0 saturated carbocycles. The minimum absolute atomic E-state index is 0.265. The summed E-state index contributed by atoms with van der Waals surface area (Å²) < 4.78 is 33.2. The lowest BCUT2D eigenvalue weighted by Crippen LogP contribution is -2.03. The van der Waals surface area contributed by atoms with Gasteiger partial charge in [0.1, 0.15) is 5.76 Å². The Kier molecular flexibility index (Phi) is 3.57.